The Kier molecular flexibility index (Phi) is 5.38. The molecule has 3 unspecified atom stereocenters. The van der Waals surface area contributed by atoms with Crippen LogP contribution in [0.3, 0.4) is 0 Å². The molecule has 2 aromatic rings. The zero-order chi connectivity index (χ0) is 21.9. The van der Waals surface area contributed by atoms with Gasteiger partial charge in [0.05, 0.1) is 12.9 Å². The van der Waals surface area contributed by atoms with Crippen molar-refractivity contribution < 1.29 is 51.6 Å². The van der Waals surface area contributed by atoms with Crippen molar-refractivity contribution in [2.75, 3.05) is 12.3 Å². The van der Waals surface area contributed by atoms with Crippen molar-refractivity contribution in [3.8, 4) is 0 Å². The van der Waals surface area contributed by atoms with Crippen LogP contribution in [-0.4, -0.2) is 64.4 Å². The number of aliphatic hydroxyl groups is 2. The van der Waals surface area contributed by atoms with Gasteiger partial charge in [0.1, 0.15) is 30.2 Å². The highest BCUT2D eigenvalue weighted by Gasteiger charge is 2.55. The highest BCUT2D eigenvalue weighted by Crippen LogP contribution is 2.77. The third-order valence-corrected chi connectivity index (χ3v) is 9.97. The van der Waals surface area contributed by atoms with Crippen LogP contribution in [0.25, 0.3) is 11.2 Å². The van der Waals surface area contributed by atoms with E-state index in [1.54, 1.807) is 0 Å². The van der Waals surface area contributed by atoms with E-state index in [2.05, 4.69) is 28.1 Å². The lowest BCUT2D eigenvalue weighted by atomic mass is 10.1. The van der Waals surface area contributed by atoms with Crippen molar-refractivity contribution in [3.05, 3.63) is 12.7 Å². The molecule has 20 heteroatoms. The van der Waals surface area contributed by atoms with Gasteiger partial charge in [-0.2, -0.15) is 4.31 Å². The third-order valence-electron chi connectivity index (χ3n) is 4.08. The van der Waals surface area contributed by atoms with Gasteiger partial charge in [0.25, 0.3) is 0 Å². The standard InChI is InChI=1S/C10H15N6O11P3/c11-8-5-9(13-2-12-8)16(3-14-5)10-7(18)6(17)4(25-10)1-24-30(22,23)27-29(21)15-28(19,20)26-29/h2-4,6-7,10,17-18H,1H2,(H,22,23)(H2,11,12,13)(H2,15,19,20,21)/t4-,6-,7-,10-,29?/m1/s1. The van der Waals surface area contributed by atoms with Gasteiger partial charge in [0.15, 0.2) is 17.7 Å². The molecule has 166 valence electrons. The molecule has 0 radical (unpaired) electrons. The van der Waals surface area contributed by atoms with Crippen LogP contribution >= 0.6 is 23.3 Å². The van der Waals surface area contributed by atoms with Crippen molar-refractivity contribution in [2.45, 2.75) is 24.5 Å². The first kappa shape index (κ1) is 21.9. The maximum Gasteiger partial charge on any atom is 0.480 e. The Labute approximate surface area is 166 Å². The third kappa shape index (κ3) is 4.08. The smallest absolute Gasteiger partial charge is 0.387 e. The van der Waals surface area contributed by atoms with E-state index in [0.717, 1.165) is 6.33 Å². The summed E-state index contributed by atoms with van der Waals surface area (Å²) < 4.78 is 54.2. The first-order valence-electron chi connectivity index (χ1n) is 7.97. The number of hydrogen-bond donors (Lipinski definition) is 6. The van der Waals surface area contributed by atoms with E-state index in [1.807, 2.05) is 0 Å². The highest BCUT2D eigenvalue weighted by molar-refractivity contribution is 7.82. The minimum absolute atomic E-state index is 0.0826. The van der Waals surface area contributed by atoms with Crippen LogP contribution in [0.4, 0.5) is 5.82 Å². The summed E-state index contributed by atoms with van der Waals surface area (Å²) >= 11 is 0. The number of phosphoric ester groups is 1. The lowest BCUT2D eigenvalue weighted by molar-refractivity contribution is -0.0502. The summed E-state index contributed by atoms with van der Waals surface area (Å²) in [5.41, 5.74) is 6.13. The molecule has 17 nitrogen and oxygen atoms in total. The Hall–Kier alpha value is -1.32. The summed E-state index contributed by atoms with van der Waals surface area (Å²) in [5.74, 6) is 0.0826. The van der Waals surface area contributed by atoms with Gasteiger partial charge in [0, 0.05) is 0 Å². The number of nitrogens with one attached hydrogen (secondary N) is 1. The number of rotatable bonds is 6. The summed E-state index contributed by atoms with van der Waals surface area (Å²) in [6.45, 7) is -0.789. The minimum Gasteiger partial charge on any atom is -0.387 e. The van der Waals surface area contributed by atoms with E-state index in [1.165, 1.54) is 15.8 Å². The Morgan fingerprint density at radius 3 is 2.67 bits per heavy atom. The van der Waals surface area contributed by atoms with Crippen LogP contribution in [-0.2, 0) is 31.6 Å². The number of aliphatic hydroxyl groups excluding tert-OH is 2. The monoisotopic (exact) mass is 488 g/mol. The fraction of sp³-hybridized carbons (Fsp3) is 0.500. The molecule has 0 aliphatic carbocycles. The van der Waals surface area contributed by atoms with Crippen LogP contribution in [0.2, 0.25) is 0 Å². The van der Waals surface area contributed by atoms with Gasteiger partial charge in [0.2, 0.25) is 0 Å². The van der Waals surface area contributed by atoms with Gasteiger partial charge < -0.3 is 30.5 Å². The van der Waals surface area contributed by atoms with E-state index in [4.69, 9.17) is 15.4 Å². The Morgan fingerprint density at radius 1 is 1.30 bits per heavy atom. The molecule has 0 saturated carbocycles. The first-order valence-corrected chi connectivity index (χ1v) is 12.6. The molecular formula is C10H15N6O11P3. The number of anilines is 1. The van der Waals surface area contributed by atoms with Crippen molar-refractivity contribution in [3.63, 3.8) is 0 Å². The fourth-order valence-electron chi connectivity index (χ4n) is 2.82. The number of ether oxygens (including phenoxy) is 1. The molecule has 2 aromatic heterocycles. The molecule has 7 N–H and O–H groups in total. The fourth-order valence-corrected chi connectivity index (χ4v) is 7.72. The topological polar surface area (TPSA) is 251 Å². The molecule has 2 saturated heterocycles. The summed E-state index contributed by atoms with van der Waals surface area (Å²) in [6.07, 6.45) is -3.21. The molecular weight excluding hydrogens is 473 g/mol. The molecule has 4 heterocycles. The Balaban J connectivity index is 1.43. The van der Waals surface area contributed by atoms with E-state index >= 15 is 0 Å². The average molecular weight is 488 g/mol. The maximum absolute atomic E-state index is 11.9. The molecule has 4 rings (SSSR count). The number of fused-ring (bicyclic) bond motifs is 1. The first-order chi connectivity index (χ1) is 13.9. The van der Waals surface area contributed by atoms with Crippen molar-refractivity contribution >= 4 is 40.3 Å². The summed E-state index contributed by atoms with van der Waals surface area (Å²) in [6, 6.07) is 0. The minimum atomic E-state index is -5.07. The van der Waals surface area contributed by atoms with Gasteiger partial charge >= 0.3 is 23.3 Å². The number of hydrogen-bond acceptors (Lipinski definition) is 13. The number of imidazole rings is 1. The van der Waals surface area contributed by atoms with Gasteiger partial charge in [-0.1, -0.05) is 0 Å². The molecule has 0 spiro atoms. The lowest BCUT2D eigenvalue weighted by Gasteiger charge is -2.31. The van der Waals surface area contributed by atoms with E-state index < -0.39 is 54.5 Å². The van der Waals surface area contributed by atoms with Crippen molar-refractivity contribution in [1.29, 1.82) is 0 Å². The normalized spacial score (nSPS) is 38.4. The number of nitrogens with two attached hydrogens (primary N) is 1. The maximum atomic E-state index is 11.9. The van der Waals surface area contributed by atoms with Crippen molar-refractivity contribution in [1.82, 2.24) is 24.4 Å². The van der Waals surface area contributed by atoms with Crippen LogP contribution in [0.15, 0.2) is 12.7 Å². The lowest BCUT2D eigenvalue weighted by Crippen LogP contribution is -2.33. The molecule has 2 fully saturated rings. The average Bonchev–Trinajstić information content (AvgIpc) is 3.14. The van der Waals surface area contributed by atoms with Crippen LogP contribution < -0.4 is 10.6 Å². The zero-order valence-electron chi connectivity index (χ0n) is 14.5. The molecule has 2 aliphatic heterocycles. The largest absolute Gasteiger partial charge is 0.480 e. The second kappa shape index (κ2) is 7.38. The predicted molar refractivity (Wildman–Crippen MR) is 94.2 cm³/mol. The van der Waals surface area contributed by atoms with E-state index in [0.29, 0.717) is 0 Å². The molecule has 7 atom stereocenters. The molecule has 0 bridgehead atoms. The van der Waals surface area contributed by atoms with E-state index in [-0.39, 0.29) is 17.0 Å². The van der Waals surface area contributed by atoms with Crippen LogP contribution in [0.5, 0.6) is 0 Å². The second-order valence-corrected chi connectivity index (χ2v) is 11.5. The van der Waals surface area contributed by atoms with Crippen molar-refractivity contribution in [2.24, 2.45) is 0 Å². The summed E-state index contributed by atoms with van der Waals surface area (Å²) in [5, 5.41) is 20.5. The van der Waals surface area contributed by atoms with Gasteiger partial charge in [-0.05, 0) is 0 Å². The number of nitrogens with zero attached hydrogens (tertiary/aromatic N) is 4. The Morgan fingerprint density at radius 2 is 2.00 bits per heavy atom. The van der Waals surface area contributed by atoms with E-state index in [9.17, 15) is 28.8 Å². The Bertz CT molecular complexity index is 1110. The molecule has 0 aromatic carbocycles. The quantitative estimate of drug-likeness (QED) is 0.266. The second-order valence-electron chi connectivity index (χ2n) is 6.17. The van der Waals surface area contributed by atoms with Gasteiger partial charge in [-0.15, -0.1) is 4.86 Å². The number of nitrogen functional groups attached to an aromatic ring is 1. The number of phosphoric acid groups is 1. The van der Waals surface area contributed by atoms with Crippen LogP contribution in [0.1, 0.15) is 6.23 Å². The predicted octanol–water partition coefficient (Wildman–Crippen LogP) is -1.01. The number of aromatic nitrogens is 4. The van der Waals surface area contributed by atoms with Crippen LogP contribution in [0, 0.1) is 0 Å². The molecule has 30 heavy (non-hydrogen) atoms. The zero-order valence-corrected chi connectivity index (χ0v) is 17.2. The molecule has 0 amide bonds. The highest BCUT2D eigenvalue weighted by atomic mass is 31.3. The van der Waals surface area contributed by atoms with Gasteiger partial charge in [-0.25, -0.2) is 33.0 Å². The summed E-state index contributed by atoms with van der Waals surface area (Å²) in [4.78, 5) is 31.8. The SMILES string of the molecule is Nc1ncnc2c1ncn2[C@@H]1O[C@H](COP(=O)(O)OP2(=O)NP(=O)(O)O2)[C@@H](O)[C@H]1O. The summed E-state index contributed by atoms with van der Waals surface area (Å²) in [7, 11) is -13.9. The molecule has 2 aliphatic rings. The van der Waals surface area contributed by atoms with Gasteiger partial charge in [-0.3, -0.25) is 9.09 Å².